The molecule has 0 spiro atoms. The Bertz CT molecular complexity index is 1000. The Morgan fingerprint density at radius 2 is 1.92 bits per heavy atom. The molecular weight excluding hydrogens is 334 g/mol. The molecule has 0 saturated heterocycles. The number of nitrogen functional groups attached to an aromatic ring is 1. The molecular formula is C19H19N3O2S. The number of benzene rings is 1. The molecule has 6 heteroatoms. The number of nitrogens with two attached hydrogens (primary N) is 1. The van der Waals surface area contributed by atoms with Gasteiger partial charge >= 0.3 is 5.69 Å². The van der Waals surface area contributed by atoms with Crippen LogP contribution in [0.5, 0.6) is 0 Å². The van der Waals surface area contributed by atoms with Crippen molar-refractivity contribution in [3.63, 3.8) is 0 Å². The Kier molecular flexibility index (Phi) is 4.13. The maximum Gasteiger partial charge on any atom is 0.351 e. The Hall–Kier alpha value is -2.47. The van der Waals surface area contributed by atoms with Gasteiger partial charge in [-0.2, -0.15) is 4.98 Å². The van der Waals surface area contributed by atoms with E-state index in [9.17, 15) is 9.59 Å². The summed E-state index contributed by atoms with van der Waals surface area (Å²) in [5.41, 5.74) is 7.45. The lowest BCUT2D eigenvalue weighted by Gasteiger charge is -2.08. The summed E-state index contributed by atoms with van der Waals surface area (Å²) < 4.78 is 1.49. The van der Waals surface area contributed by atoms with Crippen LogP contribution in [0.15, 0.2) is 35.1 Å². The summed E-state index contributed by atoms with van der Waals surface area (Å²) in [7, 11) is 0. The largest absolute Gasteiger partial charge is 0.383 e. The first-order valence-electron chi connectivity index (χ1n) is 8.54. The second-order valence-corrected chi connectivity index (χ2v) is 7.48. The highest BCUT2D eigenvalue weighted by atomic mass is 32.1. The highest BCUT2D eigenvalue weighted by Crippen LogP contribution is 2.37. The molecule has 2 aromatic heterocycles. The van der Waals surface area contributed by atoms with Crippen molar-refractivity contribution in [2.75, 3.05) is 5.73 Å². The zero-order valence-corrected chi connectivity index (χ0v) is 14.6. The van der Waals surface area contributed by atoms with Crippen molar-refractivity contribution in [1.82, 2.24) is 9.55 Å². The molecule has 2 N–H and O–H groups in total. The summed E-state index contributed by atoms with van der Waals surface area (Å²) >= 11 is 1.60. The summed E-state index contributed by atoms with van der Waals surface area (Å²) in [6.07, 6.45) is 5.46. The van der Waals surface area contributed by atoms with Gasteiger partial charge in [-0.05, 0) is 31.2 Å². The van der Waals surface area contributed by atoms with E-state index in [0.717, 1.165) is 35.9 Å². The number of ketones is 1. The van der Waals surface area contributed by atoms with Crippen LogP contribution in [0.25, 0.3) is 10.2 Å². The van der Waals surface area contributed by atoms with Crippen LogP contribution in [0.1, 0.15) is 40.1 Å². The molecule has 0 atom stereocenters. The molecule has 0 amide bonds. The Morgan fingerprint density at radius 3 is 2.72 bits per heavy atom. The van der Waals surface area contributed by atoms with Gasteiger partial charge in [-0.15, -0.1) is 11.3 Å². The number of rotatable bonds is 3. The van der Waals surface area contributed by atoms with E-state index in [-0.39, 0.29) is 12.3 Å². The molecule has 128 valence electrons. The summed E-state index contributed by atoms with van der Waals surface area (Å²) in [4.78, 5) is 31.1. The van der Waals surface area contributed by atoms with Crippen molar-refractivity contribution < 1.29 is 4.79 Å². The number of hydrogen-bond donors (Lipinski definition) is 1. The minimum atomic E-state index is -0.453. The minimum absolute atomic E-state index is 0.00792. The lowest BCUT2D eigenvalue weighted by molar-refractivity contribution is 0.0972. The molecule has 1 aliphatic carbocycles. The number of nitrogens with zero attached hydrogens (tertiary/aromatic N) is 2. The van der Waals surface area contributed by atoms with Crippen LogP contribution in [0.3, 0.4) is 0 Å². The highest BCUT2D eigenvalue weighted by Gasteiger charge is 2.22. The fourth-order valence-corrected chi connectivity index (χ4v) is 4.88. The molecule has 0 fully saturated rings. The van der Waals surface area contributed by atoms with E-state index in [0.29, 0.717) is 11.4 Å². The second-order valence-electron chi connectivity index (χ2n) is 6.40. The molecule has 0 unspecified atom stereocenters. The van der Waals surface area contributed by atoms with Crippen molar-refractivity contribution in [2.45, 2.75) is 38.6 Å². The highest BCUT2D eigenvalue weighted by molar-refractivity contribution is 7.19. The monoisotopic (exact) mass is 353 g/mol. The van der Waals surface area contributed by atoms with Gasteiger partial charge in [0.1, 0.15) is 10.6 Å². The molecule has 0 radical (unpaired) electrons. The molecule has 4 rings (SSSR count). The number of aryl methyl sites for hydroxylation is 2. The van der Waals surface area contributed by atoms with E-state index in [1.54, 1.807) is 23.5 Å². The van der Waals surface area contributed by atoms with Crippen molar-refractivity contribution >= 4 is 33.2 Å². The summed E-state index contributed by atoms with van der Waals surface area (Å²) in [6.45, 7) is -0.00792. The summed E-state index contributed by atoms with van der Waals surface area (Å²) in [6, 6.07) is 9.03. The number of carbonyl (C=O) groups is 1. The van der Waals surface area contributed by atoms with Crippen molar-refractivity contribution in [3.8, 4) is 0 Å². The van der Waals surface area contributed by atoms with Crippen molar-refractivity contribution in [3.05, 3.63) is 56.8 Å². The van der Waals surface area contributed by atoms with Crippen LogP contribution in [-0.2, 0) is 19.4 Å². The molecule has 5 nitrogen and oxygen atoms in total. The van der Waals surface area contributed by atoms with Gasteiger partial charge in [0.15, 0.2) is 5.78 Å². The fourth-order valence-electron chi connectivity index (χ4n) is 3.49. The van der Waals surface area contributed by atoms with Crippen molar-refractivity contribution in [1.29, 1.82) is 0 Å². The SMILES string of the molecule is Nc1nc(=O)n(CC(=O)c2ccccc2)c2sc3c(c12)CCCCC3. The number of hydrogen-bond acceptors (Lipinski definition) is 5. The van der Waals surface area contributed by atoms with Gasteiger partial charge in [0.05, 0.1) is 11.9 Å². The number of aromatic nitrogens is 2. The topological polar surface area (TPSA) is 78.0 Å². The third-order valence-electron chi connectivity index (χ3n) is 4.75. The third kappa shape index (κ3) is 2.87. The molecule has 2 heterocycles. The molecule has 3 aromatic rings. The van der Waals surface area contributed by atoms with Crippen LogP contribution in [-0.4, -0.2) is 15.3 Å². The fraction of sp³-hybridized carbons (Fsp3) is 0.316. The van der Waals surface area contributed by atoms with Crippen LogP contribution >= 0.6 is 11.3 Å². The van der Waals surface area contributed by atoms with Gasteiger partial charge in [0.25, 0.3) is 0 Å². The average Bonchev–Trinajstić information content (AvgIpc) is 2.82. The van der Waals surface area contributed by atoms with E-state index >= 15 is 0 Å². The zero-order valence-electron chi connectivity index (χ0n) is 13.8. The first-order valence-corrected chi connectivity index (χ1v) is 9.35. The predicted octanol–water partition coefficient (Wildman–Crippen LogP) is 3.19. The van der Waals surface area contributed by atoms with E-state index in [2.05, 4.69) is 4.98 Å². The van der Waals surface area contributed by atoms with Gasteiger partial charge in [-0.3, -0.25) is 9.36 Å². The number of thiophene rings is 1. The first kappa shape index (κ1) is 16.0. The smallest absolute Gasteiger partial charge is 0.351 e. The van der Waals surface area contributed by atoms with E-state index < -0.39 is 5.69 Å². The molecule has 1 aliphatic rings. The van der Waals surface area contributed by atoms with Gasteiger partial charge < -0.3 is 5.73 Å². The quantitative estimate of drug-likeness (QED) is 0.579. The van der Waals surface area contributed by atoms with Gasteiger partial charge in [0, 0.05) is 10.4 Å². The lowest BCUT2D eigenvalue weighted by atomic mass is 10.1. The predicted molar refractivity (Wildman–Crippen MR) is 100 cm³/mol. The normalized spacial score (nSPS) is 14.2. The third-order valence-corrected chi connectivity index (χ3v) is 6.06. The molecule has 0 saturated carbocycles. The Labute approximate surface area is 149 Å². The molecule has 0 bridgehead atoms. The van der Waals surface area contributed by atoms with E-state index in [4.69, 9.17) is 5.73 Å². The second kappa shape index (κ2) is 6.44. The number of fused-ring (bicyclic) bond motifs is 3. The Balaban J connectivity index is 1.84. The minimum Gasteiger partial charge on any atom is -0.383 e. The van der Waals surface area contributed by atoms with Gasteiger partial charge in [-0.1, -0.05) is 36.8 Å². The van der Waals surface area contributed by atoms with Crippen LogP contribution in [0, 0.1) is 0 Å². The number of carbonyl (C=O) groups excluding carboxylic acids is 1. The zero-order chi connectivity index (χ0) is 17.4. The first-order chi connectivity index (χ1) is 12.1. The average molecular weight is 353 g/mol. The molecule has 1 aromatic carbocycles. The maximum atomic E-state index is 12.6. The summed E-state index contributed by atoms with van der Waals surface area (Å²) in [5.74, 6) is 0.196. The van der Waals surface area contributed by atoms with Gasteiger partial charge in [-0.25, -0.2) is 4.79 Å². The molecule has 0 aliphatic heterocycles. The van der Waals surface area contributed by atoms with E-state index in [1.165, 1.54) is 21.4 Å². The van der Waals surface area contributed by atoms with Crippen molar-refractivity contribution in [2.24, 2.45) is 0 Å². The van der Waals surface area contributed by atoms with Crippen LogP contribution in [0.2, 0.25) is 0 Å². The molecule has 25 heavy (non-hydrogen) atoms. The van der Waals surface area contributed by atoms with Crippen LogP contribution < -0.4 is 11.4 Å². The van der Waals surface area contributed by atoms with Crippen LogP contribution in [0.4, 0.5) is 5.82 Å². The van der Waals surface area contributed by atoms with Gasteiger partial charge in [0.2, 0.25) is 0 Å². The lowest BCUT2D eigenvalue weighted by Crippen LogP contribution is -2.27. The summed E-state index contributed by atoms with van der Waals surface area (Å²) in [5, 5.41) is 0.877. The Morgan fingerprint density at radius 1 is 1.16 bits per heavy atom. The maximum absolute atomic E-state index is 12.6. The number of Topliss-reactive ketones (excluding diaryl/α,β-unsaturated/α-hetero) is 1. The number of anilines is 1. The standard InChI is InChI=1S/C19H19N3O2S/c20-17-16-13-9-5-2-6-10-15(13)25-18(16)22(19(24)21-17)11-14(23)12-7-3-1-4-8-12/h1,3-4,7-8H,2,5-6,9-11H2,(H2,20,21,24). The van der Waals surface area contributed by atoms with E-state index in [1.807, 2.05) is 18.2 Å².